The maximum Gasteiger partial charge on any atom is 0.272 e. The van der Waals surface area contributed by atoms with E-state index < -0.39 is 0 Å². The molecule has 5 heteroatoms. The molecule has 1 N–H and O–H groups in total. The third kappa shape index (κ3) is 2.63. The number of carbonyl (C=O) groups excluding carboxylic acids is 1. The van der Waals surface area contributed by atoms with Gasteiger partial charge in [0.25, 0.3) is 5.91 Å². The van der Waals surface area contributed by atoms with Gasteiger partial charge in [0.05, 0.1) is 6.20 Å². The van der Waals surface area contributed by atoms with Gasteiger partial charge in [-0.1, -0.05) is 13.0 Å². The number of pyridine rings is 1. The van der Waals surface area contributed by atoms with Crippen molar-refractivity contribution in [2.45, 2.75) is 39.0 Å². The number of H-pyrrole nitrogens is 1. The largest absolute Gasteiger partial charge is 0.337 e. The Morgan fingerprint density at radius 2 is 2.00 bits per heavy atom. The van der Waals surface area contributed by atoms with Crippen molar-refractivity contribution in [2.75, 3.05) is 13.1 Å². The predicted molar refractivity (Wildman–Crippen MR) is 84.8 cm³/mol. The van der Waals surface area contributed by atoms with Crippen LogP contribution in [0.2, 0.25) is 0 Å². The molecule has 0 spiro atoms. The highest BCUT2D eigenvalue weighted by atomic mass is 16.2. The number of nitrogens with zero attached hydrogens (tertiary/aromatic N) is 3. The number of carbonyl (C=O) groups is 1. The van der Waals surface area contributed by atoms with Gasteiger partial charge in [-0.15, -0.1) is 0 Å². The molecule has 1 aliphatic heterocycles. The maximum absolute atomic E-state index is 12.6. The fraction of sp³-hybridized carbons (Fsp3) is 0.471. The molecule has 1 fully saturated rings. The van der Waals surface area contributed by atoms with Gasteiger partial charge in [0.1, 0.15) is 5.69 Å². The van der Waals surface area contributed by atoms with Gasteiger partial charge in [-0.05, 0) is 44.4 Å². The van der Waals surface area contributed by atoms with E-state index in [0.717, 1.165) is 31.6 Å². The average Bonchev–Trinajstić information content (AvgIpc) is 2.94. The SMILES string of the molecule is Cc1cccc(C(=O)N2CCC(C)(c3[nH]ncc3C)CC2)n1. The van der Waals surface area contributed by atoms with Gasteiger partial charge in [0.15, 0.2) is 0 Å². The highest BCUT2D eigenvalue weighted by Crippen LogP contribution is 2.35. The summed E-state index contributed by atoms with van der Waals surface area (Å²) in [6.07, 6.45) is 3.75. The third-order valence-corrected chi connectivity index (χ3v) is 4.69. The van der Waals surface area contributed by atoms with Crippen LogP contribution in [0.15, 0.2) is 24.4 Å². The summed E-state index contributed by atoms with van der Waals surface area (Å²) < 4.78 is 0. The number of rotatable bonds is 2. The van der Waals surface area contributed by atoms with Gasteiger partial charge in [0, 0.05) is 29.9 Å². The first-order chi connectivity index (χ1) is 10.5. The zero-order chi connectivity index (χ0) is 15.7. The van der Waals surface area contributed by atoms with Gasteiger partial charge in [0.2, 0.25) is 0 Å². The molecule has 1 amide bonds. The minimum absolute atomic E-state index is 0.0343. The summed E-state index contributed by atoms with van der Waals surface area (Å²) in [4.78, 5) is 18.8. The molecular formula is C17H22N4O. The standard InChI is InChI=1S/C17H22N4O/c1-12-11-18-20-15(12)17(3)7-9-21(10-8-17)16(22)14-6-4-5-13(2)19-14/h4-6,11H,7-10H2,1-3H3,(H,18,20). The molecule has 22 heavy (non-hydrogen) atoms. The van der Waals surface area contributed by atoms with Crippen LogP contribution < -0.4 is 0 Å². The summed E-state index contributed by atoms with van der Waals surface area (Å²) in [7, 11) is 0. The van der Waals surface area contributed by atoms with Gasteiger partial charge in [-0.2, -0.15) is 5.10 Å². The van der Waals surface area contributed by atoms with Crippen LogP contribution in [0.3, 0.4) is 0 Å². The lowest BCUT2D eigenvalue weighted by Gasteiger charge is -2.39. The number of amides is 1. The minimum Gasteiger partial charge on any atom is -0.337 e. The van der Waals surface area contributed by atoms with Crippen LogP contribution in [-0.2, 0) is 5.41 Å². The van der Waals surface area contributed by atoms with Crippen molar-refractivity contribution in [1.82, 2.24) is 20.1 Å². The van der Waals surface area contributed by atoms with E-state index in [1.807, 2.05) is 30.2 Å². The Hall–Kier alpha value is -2.17. The lowest BCUT2D eigenvalue weighted by atomic mass is 9.76. The Kier molecular flexibility index (Phi) is 3.72. The molecule has 3 rings (SSSR count). The normalized spacial score (nSPS) is 17.5. The molecule has 116 valence electrons. The molecule has 0 atom stereocenters. The summed E-state index contributed by atoms with van der Waals surface area (Å²) in [5, 5.41) is 7.27. The van der Waals surface area contributed by atoms with E-state index in [0.29, 0.717) is 5.69 Å². The van der Waals surface area contributed by atoms with Crippen molar-refractivity contribution in [1.29, 1.82) is 0 Å². The maximum atomic E-state index is 12.6. The molecule has 0 saturated carbocycles. The van der Waals surface area contributed by atoms with E-state index in [-0.39, 0.29) is 11.3 Å². The zero-order valence-electron chi connectivity index (χ0n) is 13.4. The van der Waals surface area contributed by atoms with E-state index in [1.54, 1.807) is 6.07 Å². The van der Waals surface area contributed by atoms with E-state index in [9.17, 15) is 4.79 Å². The van der Waals surface area contributed by atoms with Crippen molar-refractivity contribution in [2.24, 2.45) is 0 Å². The number of piperidine rings is 1. The lowest BCUT2D eigenvalue weighted by molar-refractivity contribution is 0.0667. The summed E-state index contributed by atoms with van der Waals surface area (Å²) >= 11 is 0. The molecule has 0 radical (unpaired) electrons. The van der Waals surface area contributed by atoms with Crippen LogP contribution >= 0.6 is 0 Å². The van der Waals surface area contributed by atoms with E-state index in [1.165, 1.54) is 11.3 Å². The molecule has 5 nitrogen and oxygen atoms in total. The third-order valence-electron chi connectivity index (χ3n) is 4.69. The highest BCUT2D eigenvalue weighted by Gasteiger charge is 2.35. The second-order valence-electron chi connectivity index (χ2n) is 6.45. The Labute approximate surface area is 130 Å². The fourth-order valence-electron chi connectivity index (χ4n) is 3.23. The van der Waals surface area contributed by atoms with Crippen molar-refractivity contribution in [3.05, 3.63) is 47.0 Å². The molecular weight excluding hydrogens is 276 g/mol. The first-order valence-corrected chi connectivity index (χ1v) is 7.73. The molecule has 2 aromatic heterocycles. The summed E-state index contributed by atoms with van der Waals surface area (Å²) in [6, 6.07) is 5.59. The van der Waals surface area contributed by atoms with Crippen LogP contribution in [-0.4, -0.2) is 39.1 Å². The Morgan fingerprint density at radius 3 is 2.59 bits per heavy atom. The second-order valence-corrected chi connectivity index (χ2v) is 6.45. The molecule has 3 heterocycles. The molecule has 0 aromatic carbocycles. The lowest BCUT2D eigenvalue weighted by Crippen LogP contribution is -2.44. The number of hydrogen-bond acceptors (Lipinski definition) is 3. The topological polar surface area (TPSA) is 61.9 Å². The fourth-order valence-corrected chi connectivity index (χ4v) is 3.23. The minimum atomic E-state index is 0.0343. The van der Waals surface area contributed by atoms with Crippen LogP contribution in [0.4, 0.5) is 0 Å². The van der Waals surface area contributed by atoms with Gasteiger partial charge < -0.3 is 4.90 Å². The van der Waals surface area contributed by atoms with E-state index in [2.05, 4.69) is 29.0 Å². The molecule has 2 aromatic rings. The molecule has 0 aliphatic carbocycles. The summed E-state index contributed by atoms with van der Waals surface area (Å²) in [5.74, 6) is 0.0343. The Balaban J connectivity index is 1.72. The van der Waals surface area contributed by atoms with Crippen molar-refractivity contribution in [3.63, 3.8) is 0 Å². The molecule has 1 saturated heterocycles. The molecule has 0 bridgehead atoms. The average molecular weight is 298 g/mol. The number of likely N-dealkylation sites (tertiary alicyclic amines) is 1. The number of aryl methyl sites for hydroxylation is 2. The molecule has 1 aliphatic rings. The van der Waals surface area contributed by atoms with Gasteiger partial charge >= 0.3 is 0 Å². The first-order valence-electron chi connectivity index (χ1n) is 7.73. The number of aromatic nitrogens is 3. The Bertz CT molecular complexity index is 683. The summed E-state index contributed by atoms with van der Waals surface area (Å²) in [6.45, 7) is 7.75. The summed E-state index contributed by atoms with van der Waals surface area (Å²) in [5.41, 5.74) is 3.88. The molecule has 0 unspecified atom stereocenters. The van der Waals surface area contributed by atoms with Crippen molar-refractivity contribution < 1.29 is 4.79 Å². The predicted octanol–water partition coefficient (Wildman–Crippen LogP) is 2.62. The second kappa shape index (κ2) is 5.55. The monoisotopic (exact) mass is 298 g/mol. The number of hydrogen-bond donors (Lipinski definition) is 1. The number of aromatic amines is 1. The van der Waals surface area contributed by atoms with E-state index >= 15 is 0 Å². The van der Waals surface area contributed by atoms with Crippen LogP contribution in [0.1, 0.15) is 47.2 Å². The first kappa shape index (κ1) is 14.8. The number of nitrogens with one attached hydrogen (secondary N) is 1. The highest BCUT2D eigenvalue weighted by molar-refractivity contribution is 5.92. The van der Waals surface area contributed by atoms with Crippen LogP contribution in [0, 0.1) is 13.8 Å². The Morgan fingerprint density at radius 1 is 1.27 bits per heavy atom. The van der Waals surface area contributed by atoms with Crippen molar-refractivity contribution >= 4 is 5.91 Å². The van der Waals surface area contributed by atoms with Gasteiger partial charge in [-0.3, -0.25) is 9.89 Å². The van der Waals surface area contributed by atoms with Gasteiger partial charge in [-0.25, -0.2) is 4.98 Å². The quantitative estimate of drug-likeness (QED) is 0.927. The van der Waals surface area contributed by atoms with Crippen LogP contribution in [0.5, 0.6) is 0 Å². The van der Waals surface area contributed by atoms with Crippen LogP contribution in [0.25, 0.3) is 0 Å². The van der Waals surface area contributed by atoms with E-state index in [4.69, 9.17) is 0 Å². The zero-order valence-corrected chi connectivity index (χ0v) is 13.4. The van der Waals surface area contributed by atoms with Crippen molar-refractivity contribution in [3.8, 4) is 0 Å². The smallest absolute Gasteiger partial charge is 0.272 e.